The van der Waals surface area contributed by atoms with Crippen LogP contribution in [0.3, 0.4) is 0 Å². The molecule has 2 aromatic rings. The van der Waals surface area contributed by atoms with Crippen LogP contribution in [0.25, 0.3) is 0 Å². The van der Waals surface area contributed by atoms with Crippen LogP contribution >= 0.6 is 11.3 Å². The predicted octanol–water partition coefficient (Wildman–Crippen LogP) is 2.72. The minimum absolute atomic E-state index is 0.219. The first-order valence-corrected chi connectivity index (χ1v) is 8.29. The Morgan fingerprint density at radius 2 is 2.05 bits per heavy atom. The van der Waals surface area contributed by atoms with Crippen LogP contribution in [0.4, 0.5) is 10.1 Å². The van der Waals surface area contributed by atoms with E-state index in [-0.39, 0.29) is 4.90 Å². The van der Waals surface area contributed by atoms with E-state index in [2.05, 4.69) is 10.0 Å². The van der Waals surface area contributed by atoms with Crippen molar-refractivity contribution in [3.05, 3.63) is 45.9 Å². The number of benzene rings is 1. The predicted molar refractivity (Wildman–Crippen MR) is 79.0 cm³/mol. The van der Waals surface area contributed by atoms with Crippen molar-refractivity contribution in [3.8, 4) is 0 Å². The average Bonchev–Trinajstić information content (AvgIpc) is 2.83. The highest BCUT2D eigenvalue weighted by molar-refractivity contribution is 7.92. The van der Waals surface area contributed by atoms with Gasteiger partial charge in [0, 0.05) is 16.8 Å². The number of anilines is 1. The molecule has 2 N–H and O–H groups in total. The third kappa shape index (κ3) is 3.36. The van der Waals surface area contributed by atoms with Crippen LogP contribution in [-0.4, -0.2) is 15.5 Å². The van der Waals surface area contributed by atoms with E-state index in [1.807, 2.05) is 0 Å². The van der Waals surface area contributed by atoms with Crippen molar-refractivity contribution in [2.24, 2.45) is 0 Å². The Hall–Kier alpha value is -1.44. The molecule has 0 aliphatic rings. The fourth-order valence-electron chi connectivity index (χ4n) is 1.71. The van der Waals surface area contributed by atoms with E-state index in [1.165, 1.54) is 29.5 Å². The fraction of sp³-hybridized carbons (Fsp3) is 0.231. The monoisotopic (exact) mass is 314 g/mol. The molecule has 0 aliphatic heterocycles. The molecule has 0 saturated heterocycles. The van der Waals surface area contributed by atoms with Crippen molar-refractivity contribution in [3.63, 3.8) is 0 Å². The van der Waals surface area contributed by atoms with Gasteiger partial charge in [0.25, 0.3) is 10.0 Å². The summed E-state index contributed by atoms with van der Waals surface area (Å²) in [6.07, 6.45) is 0. The van der Waals surface area contributed by atoms with Crippen LogP contribution in [0.2, 0.25) is 0 Å². The molecule has 0 amide bonds. The first-order valence-electron chi connectivity index (χ1n) is 5.93. The zero-order valence-electron chi connectivity index (χ0n) is 11.1. The Labute approximate surface area is 121 Å². The molecule has 0 bridgehead atoms. The van der Waals surface area contributed by atoms with Gasteiger partial charge in [-0.2, -0.15) is 0 Å². The molecule has 2 rings (SSSR count). The molecule has 0 unspecified atom stereocenters. The van der Waals surface area contributed by atoms with E-state index in [1.54, 1.807) is 25.4 Å². The van der Waals surface area contributed by atoms with Gasteiger partial charge in [-0.15, -0.1) is 11.3 Å². The average molecular weight is 314 g/mol. The molecule has 7 heteroatoms. The molecule has 0 radical (unpaired) electrons. The van der Waals surface area contributed by atoms with Crippen molar-refractivity contribution in [2.75, 3.05) is 11.8 Å². The maximum atomic E-state index is 13.0. The van der Waals surface area contributed by atoms with Gasteiger partial charge in [-0.3, -0.25) is 4.72 Å². The van der Waals surface area contributed by atoms with Crippen LogP contribution in [0.15, 0.2) is 34.5 Å². The second-order valence-corrected chi connectivity index (χ2v) is 7.02. The summed E-state index contributed by atoms with van der Waals surface area (Å²) in [5, 5.41) is 4.56. The second-order valence-electron chi connectivity index (χ2n) is 4.34. The molecule has 0 fully saturated rings. The Kier molecular flexibility index (Phi) is 4.42. The van der Waals surface area contributed by atoms with E-state index < -0.39 is 15.8 Å². The van der Waals surface area contributed by atoms with Crippen molar-refractivity contribution < 1.29 is 12.8 Å². The van der Waals surface area contributed by atoms with Crippen LogP contribution in [-0.2, 0) is 16.6 Å². The highest BCUT2D eigenvalue weighted by Crippen LogP contribution is 2.24. The summed E-state index contributed by atoms with van der Waals surface area (Å²) in [6, 6.07) is 5.56. The first kappa shape index (κ1) is 15.0. The number of sulfonamides is 1. The number of aryl methyl sites for hydroxylation is 1. The van der Waals surface area contributed by atoms with Gasteiger partial charge in [-0.05, 0) is 43.8 Å². The molecule has 1 heterocycles. The Morgan fingerprint density at radius 3 is 2.70 bits per heavy atom. The minimum Gasteiger partial charge on any atom is -0.315 e. The number of hydrogen-bond acceptors (Lipinski definition) is 4. The topological polar surface area (TPSA) is 58.2 Å². The molecule has 0 saturated carbocycles. The fourth-order valence-corrected chi connectivity index (χ4v) is 4.13. The second kappa shape index (κ2) is 5.90. The summed E-state index contributed by atoms with van der Waals surface area (Å²) in [5.74, 6) is -0.391. The van der Waals surface area contributed by atoms with Crippen LogP contribution in [0, 0.1) is 12.7 Å². The Bertz CT molecular complexity index is 711. The molecule has 4 nitrogen and oxygen atoms in total. The van der Waals surface area contributed by atoms with Crippen LogP contribution in [0.5, 0.6) is 0 Å². The minimum atomic E-state index is -3.64. The van der Waals surface area contributed by atoms with Gasteiger partial charge in [-0.1, -0.05) is 0 Å². The molecule has 1 aromatic heterocycles. The van der Waals surface area contributed by atoms with Gasteiger partial charge in [0.1, 0.15) is 5.82 Å². The largest absolute Gasteiger partial charge is 0.315 e. The third-order valence-corrected chi connectivity index (χ3v) is 5.15. The van der Waals surface area contributed by atoms with Gasteiger partial charge in [0.2, 0.25) is 0 Å². The lowest BCUT2D eigenvalue weighted by Crippen LogP contribution is -2.13. The van der Waals surface area contributed by atoms with E-state index in [0.717, 1.165) is 4.88 Å². The number of rotatable bonds is 5. The number of hydrogen-bond donors (Lipinski definition) is 2. The zero-order valence-corrected chi connectivity index (χ0v) is 12.7. The molecular weight excluding hydrogens is 299 g/mol. The maximum Gasteiger partial charge on any atom is 0.262 e. The van der Waals surface area contributed by atoms with Gasteiger partial charge >= 0.3 is 0 Å². The summed E-state index contributed by atoms with van der Waals surface area (Å²) in [7, 11) is -1.84. The summed E-state index contributed by atoms with van der Waals surface area (Å²) in [5.41, 5.74) is 0.923. The van der Waals surface area contributed by atoms with E-state index in [0.29, 0.717) is 17.8 Å². The van der Waals surface area contributed by atoms with Crippen LogP contribution < -0.4 is 10.0 Å². The third-order valence-electron chi connectivity index (χ3n) is 2.72. The van der Waals surface area contributed by atoms with Crippen molar-refractivity contribution in [1.29, 1.82) is 0 Å². The number of thiophene rings is 1. The van der Waals surface area contributed by atoms with Crippen molar-refractivity contribution >= 4 is 27.0 Å². The first-order chi connectivity index (χ1) is 9.42. The highest BCUT2D eigenvalue weighted by atomic mass is 32.2. The molecule has 20 heavy (non-hydrogen) atoms. The lowest BCUT2D eigenvalue weighted by molar-refractivity contribution is 0.601. The van der Waals surface area contributed by atoms with Gasteiger partial charge < -0.3 is 5.32 Å². The smallest absolute Gasteiger partial charge is 0.262 e. The Balaban J connectivity index is 2.26. The lowest BCUT2D eigenvalue weighted by atomic mass is 10.2. The van der Waals surface area contributed by atoms with Crippen molar-refractivity contribution in [2.45, 2.75) is 18.4 Å². The summed E-state index contributed by atoms with van der Waals surface area (Å²) in [4.78, 5) is 1.15. The summed E-state index contributed by atoms with van der Waals surface area (Å²) in [6.45, 7) is 2.27. The van der Waals surface area contributed by atoms with E-state index in [4.69, 9.17) is 0 Å². The van der Waals surface area contributed by atoms with Crippen molar-refractivity contribution in [1.82, 2.24) is 5.32 Å². The molecular formula is C13H15FN2O2S2. The van der Waals surface area contributed by atoms with Crippen LogP contribution in [0.1, 0.15) is 10.4 Å². The molecule has 1 aromatic carbocycles. The highest BCUT2D eigenvalue weighted by Gasteiger charge is 2.17. The zero-order chi connectivity index (χ0) is 14.8. The lowest BCUT2D eigenvalue weighted by Gasteiger charge is -2.09. The normalized spacial score (nSPS) is 11.6. The quantitative estimate of drug-likeness (QED) is 0.892. The SMILES string of the molecule is CNCc1cc(S(=O)(=O)Nc2ccc(F)cc2C)cs1. The van der Waals surface area contributed by atoms with Gasteiger partial charge in [-0.25, -0.2) is 12.8 Å². The van der Waals surface area contributed by atoms with Gasteiger partial charge in [0.15, 0.2) is 0 Å². The maximum absolute atomic E-state index is 13.0. The molecule has 0 aliphatic carbocycles. The Morgan fingerprint density at radius 1 is 1.30 bits per heavy atom. The number of nitrogens with one attached hydrogen (secondary N) is 2. The molecule has 0 atom stereocenters. The standard InChI is InChI=1S/C13H15FN2O2S2/c1-9-5-10(14)3-4-13(9)16-20(17,18)12-6-11(7-15-2)19-8-12/h3-6,8,15-16H,7H2,1-2H3. The molecule has 108 valence electrons. The number of halogens is 1. The van der Waals surface area contributed by atoms with Gasteiger partial charge in [0.05, 0.1) is 10.6 Å². The van der Waals surface area contributed by atoms with E-state index >= 15 is 0 Å². The summed E-state index contributed by atoms with van der Waals surface area (Å²) < 4.78 is 40.0. The summed E-state index contributed by atoms with van der Waals surface area (Å²) >= 11 is 1.38. The molecule has 0 spiro atoms. The van der Waals surface area contributed by atoms with E-state index in [9.17, 15) is 12.8 Å².